The first-order valence-corrected chi connectivity index (χ1v) is 20.5. The fourth-order valence-electron chi connectivity index (χ4n) is 5.43. The molecule has 0 radical (unpaired) electrons. The van der Waals surface area contributed by atoms with Crippen molar-refractivity contribution in [2.75, 3.05) is 13.2 Å². The summed E-state index contributed by atoms with van der Waals surface area (Å²) in [5, 5.41) is 59.1. The molecule has 0 saturated heterocycles. The Labute approximate surface area is 335 Å². The minimum atomic E-state index is -2.50. The van der Waals surface area contributed by atoms with Crippen molar-refractivity contribution in [3.63, 3.8) is 0 Å². The van der Waals surface area contributed by atoms with Gasteiger partial charge < -0.3 is 14.9 Å². The molecule has 2 N–H and O–H groups in total. The molecule has 2 atom stereocenters. The molecule has 2 unspecified atom stereocenters. The lowest BCUT2D eigenvalue weighted by Gasteiger charge is -2.18. The SMILES string of the molecule is C.CC(CO)([N+](=O)[O-])[N+](=O)[O-].CCCCCCCCC(CCCCCC)C(=O)O.CCCCCCCCC(CCCCCC)C(=O)OCC(C)([N+](=O)[O-])[N+](=O)[O-]. The number of hydrogen-bond donors (Lipinski definition) is 2. The number of nitrogens with zero attached hydrogens (tertiary/aromatic N) is 4. The zero-order valence-electron chi connectivity index (χ0n) is 34.7. The first-order chi connectivity index (χ1) is 26.0. The third kappa shape index (κ3) is 28.8. The Morgan fingerprint density at radius 2 is 0.786 bits per heavy atom. The zero-order valence-corrected chi connectivity index (χ0v) is 34.7. The highest BCUT2D eigenvalue weighted by molar-refractivity contribution is 5.72. The van der Waals surface area contributed by atoms with E-state index in [1.807, 2.05) is 0 Å². The lowest BCUT2D eigenvalue weighted by atomic mass is 9.94. The number of hydrogen-bond acceptors (Lipinski definition) is 12. The van der Waals surface area contributed by atoms with Gasteiger partial charge in [0.25, 0.3) is 0 Å². The Balaban J connectivity index is -0.000000400. The van der Waals surface area contributed by atoms with Crippen molar-refractivity contribution in [3.05, 3.63) is 40.5 Å². The van der Waals surface area contributed by atoms with Crippen molar-refractivity contribution < 1.29 is 44.2 Å². The standard InChI is InChI=1S/C19H36N2O6.C16H32O2.C3H6N2O5.CH4/c1-4-6-8-10-11-13-15-17(14-12-9-7-5-2)18(22)27-16-19(3,20(23)24)21(25)26;1-3-5-7-9-10-12-14-15(16(17)18)13-11-8-6-4-2;1-3(2-6,4(7)8)5(9)10;/h17H,4-16H2,1-3H3;15H,3-14H2,1-2H3,(H,17,18);6H,2H2,1H3;1H4. The summed E-state index contributed by atoms with van der Waals surface area (Å²) in [6.45, 7) is 8.34. The molecule has 56 heavy (non-hydrogen) atoms. The molecule has 0 fully saturated rings. The first kappa shape index (κ1) is 59.2. The number of ether oxygens (including phenoxy) is 1. The first-order valence-electron chi connectivity index (χ1n) is 20.5. The van der Waals surface area contributed by atoms with Gasteiger partial charge in [-0.25, -0.2) is 0 Å². The normalized spacial score (nSPS) is 12.1. The minimum absolute atomic E-state index is 0. The van der Waals surface area contributed by atoms with Crippen LogP contribution in [0.25, 0.3) is 0 Å². The van der Waals surface area contributed by atoms with Crippen LogP contribution in [0.1, 0.15) is 203 Å². The third-order valence-electron chi connectivity index (χ3n) is 9.67. The van der Waals surface area contributed by atoms with Gasteiger partial charge in [-0.15, -0.1) is 0 Å². The van der Waals surface area contributed by atoms with Gasteiger partial charge in [-0.3, -0.25) is 50.0 Å². The monoisotopic (exact) mass is 811 g/mol. The van der Waals surface area contributed by atoms with Gasteiger partial charge in [0.15, 0.2) is 6.61 Å². The molecule has 0 saturated carbocycles. The number of unbranched alkanes of at least 4 members (excludes halogenated alkanes) is 16. The van der Waals surface area contributed by atoms with Gasteiger partial charge in [-0.2, -0.15) is 0 Å². The average molecular weight is 811 g/mol. The predicted molar refractivity (Wildman–Crippen MR) is 218 cm³/mol. The van der Waals surface area contributed by atoms with Crippen LogP contribution in [0.4, 0.5) is 0 Å². The van der Waals surface area contributed by atoms with E-state index in [0.29, 0.717) is 12.8 Å². The molecule has 0 aromatic rings. The van der Waals surface area contributed by atoms with Gasteiger partial charge in [0, 0.05) is 0 Å². The van der Waals surface area contributed by atoms with Crippen LogP contribution in [0.2, 0.25) is 0 Å². The fraction of sp³-hybridized carbons (Fsp3) is 0.949. The highest BCUT2D eigenvalue weighted by Crippen LogP contribution is 2.22. The maximum Gasteiger partial charge on any atom is 0.488 e. The summed E-state index contributed by atoms with van der Waals surface area (Å²) in [6.07, 6.45) is 26.1. The van der Waals surface area contributed by atoms with Crippen molar-refractivity contribution in [1.82, 2.24) is 0 Å². The summed E-state index contributed by atoms with van der Waals surface area (Å²) in [4.78, 5) is 61.0. The van der Waals surface area contributed by atoms with Crippen LogP contribution < -0.4 is 0 Å². The fourth-order valence-corrected chi connectivity index (χ4v) is 5.43. The summed E-state index contributed by atoms with van der Waals surface area (Å²) >= 11 is 0. The Bertz CT molecular complexity index is 1030. The molecule has 332 valence electrons. The van der Waals surface area contributed by atoms with E-state index in [1.165, 1.54) is 70.6 Å². The van der Waals surface area contributed by atoms with Crippen molar-refractivity contribution in [3.8, 4) is 0 Å². The smallest absolute Gasteiger partial charge is 0.481 e. The number of carboxylic acid groups (broad SMARTS) is 1. The van der Waals surface area contributed by atoms with Crippen LogP contribution >= 0.6 is 0 Å². The Morgan fingerprint density at radius 1 is 0.518 bits per heavy atom. The van der Waals surface area contributed by atoms with Gasteiger partial charge in [-0.1, -0.05) is 164 Å². The van der Waals surface area contributed by atoms with Crippen LogP contribution in [0, 0.1) is 52.3 Å². The van der Waals surface area contributed by atoms with Gasteiger partial charge in [0.1, 0.15) is 19.7 Å². The molecule has 17 nitrogen and oxygen atoms in total. The summed E-state index contributed by atoms with van der Waals surface area (Å²) in [5.74, 6) is -1.56. The van der Waals surface area contributed by atoms with Crippen LogP contribution in [0.3, 0.4) is 0 Å². The number of carboxylic acids is 1. The number of carbonyl (C=O) groups excluding carboxylic acids is 1. The van der Waals surface area contributed by atoms with Crippen molar-refractivity contribution in [1.29, 1.82) is 0 Å². The summed E-state index contributed by atoms with van der Waals surface area (Å²) in [6, 6.07) is 0. The van der Waals surface area contributed by atoms with E-state index in [1.54, 1.807) is 0 Å². The lowest BCUT2D eigenvalue weighted by Crippen LogP contribution is -2.48. The van der Waals surface area contributed by atoms with Crippen molar-refractivity contribution in [2.45, 2.75) is 214 Å². The molecule has 0 amide bonds. The summed E-state index contributed by atoms with van der Waals surface area (Å²) < 4.78 is 5.02. The van der Waals surface area contributed by atoms with Crippen LogP contribution in [0.5, 0.6) is 0 Å². The van der Waals surface area contributed by atoms with Gasteiger partial charge >= 0.3 is 23.3 Å². The number of rotatable bonds is 33. The summed E-state index contributed by atoms with van der Waals surface area (Å²) in [7, 11) is 0. The van der Waals surface area contributed by atoms with Crippen LogP contribution in [-0.2, 0) is 14.3 Å². The number of nitro groups is 4. The Morgan fingerprint density at radius 3 is 1.04 bits per heavy atom. The molecule has 0 heterocycles. The zero-order chi connectivity index (χ0) is 42.7. The molecule has 0 aliphatic heterocycles. The van der Waals surface area contributed by atoms with E-state index in [9.17, 15) is 55.2 Å². The second-order valence-corrected chi connectivity index (χ2v) is 14.8. The Kier molecular flexibility index (Phi) is 39.2. The molecule has 0 aromatic heterocycles. The number of carbonyl (C=O) groups is 2. The van der Waals surface area contributed by atoms with Crippen LogP contribution in [0.15, 0.2) is 0 Å². The third-order valence-corrected chi connectivity index (χ3v) is 9.67. The van der Waals surface area contributed by atoms with E-state index in [-0.39, 0.29) is 19.3 Å². The number of aliphatic carboxylic acids is 1. The van der Waals surface area contributed by atoms with E-state index in [2.05, 4.69) is 27.7 Å². The molecule has 0 bridgehead atoms. The highest BCUT2D eigenvalue weighted by atomic mass is 16.7. The van der Waals surface area contributed by atoms with Crippen molar-refractivity contribution >= 4 is 11.9 Å². The quantitative estimate of drug-likeness (QED) is 0.0206. The van der Waals surface area contributed by atoms with Gasteiger partial charge in [-0.05, 0) is 25.7 Å². The molecule has 0 spiro atoms. The number of aliphatic hydroxyl groups is 1. The second-order valence-electron chi connectivity index (χ2n) is 14.8. The molecule has 0 aliphatic rings. The molecular weight excluding hydrogens is 732 g/mol. The number of esters is 1. The minimum Gasteiger partial charge on any atom is -0.481 e. The Hall–Kier alpha value is -3.50. The molecule has 17 heteroatoms. The van der Waals surface area contributed by atoms with E-state index >= 15 is 0 Å². The second kappa shape index (κ2) is 37.1. The van der Waals surface area contributed by atoms with Crippen molar-refractivity contribution in [2.24, 2.45) is 11.8 Å². The summed E-state index contributed by atoms with van der Waals surface area (Å²) in [5.41, 5.74) is -4.96. The topological polar surface area (TPSA) is 256 Å². The number of aliphatic hydroxyl groups excluding tert-OH is 1. The molecule has 0 aromatic carbocycles. The molecule has 0 aliphatic carbocycles. The predicted octanol–water partition coefficient (Wildman–Crippen LogP) is 10.4. The van der Waals surface area contributed by atoms with Crippen LogP contribution in [-0.4, -0.2) is 66.4 Å². The van der Waals surface area contributed by atoms with E-state index in [0.717, 1.165) is 84.5 Å². The molecule has 0 rings (SSSR count). The largest absolute Gasteiger partial charge is 0.488 e. The van der Waals surface area contributed by atoms with E-state index in [4.69, 9.17) is 9.84 Å². The highest BCUT2D eigenvalue weighted by Gasteiger charge is 2.52. The lowest BCUT2D eigenvalue weighted by molar-refractivity contribution is -0.793. The maximum atomic E-state index is 12.4. The maximum absolute atomic E-state index is 12.4. The van der Waals surface area contributed by atoms with E-state index < -0.39 is 56.2 Å². The average Bonchev–Trinajstić information content (AvgIpc) is 3.14. The van der Waals surface area contributed by atoms with Gasteiger partial charge in [0.05, 0.1) is 25.7 Å². The van der Waals surface area contributed by atoms with Gasteiger partial charge in [0.2, 0.25) is 6.61 Å². The molecular formula is C39H78N4O13.